The monoisotopic (exact) mass is 164 g/mol. The van der Waals surface area contributed by atoms with E-state index in [1.54, 1.807) is 13.2 Å². The first-order chi connectivity index (χ1) is 5.88. The summed E-state index contributed by atoms with van der Waals surface area (Å²) in [4.78, 5) is 0. The summed E-state index contributed by atoms with van der Waals surface area (Å²) < 4.78 is 5.13. The van der Waals surface area contributed by atoms with Crippen LogP contribution in [0.1, 0.15) is 5.56 Å². The van der Waals surface area contributed by atoms with Gasteiger partial charge in [-0.2, -0.15) is 0 Å². The third-order valence-electron chi connectivity index (χ3n) is 1.64. The van der Waals surface area contributed by atoms with Crippen molar-refractivity contribution in [1.29, 1.82) is 0 Å². The van der Waals surface area contributed by atoms with E-state index < -0.39 is 0 Å². The standard InChI is InChI=1S/C10H12O2/c1-12-10-7-3-2-5-9(10)6-4-8-11/h2-5,7-8,11H,6H2,1H3. The summed E-state index contributed by atoms with van der Waals surface area (Å²) in [5.74, 6) is 0.857. The average Bonchev–Trinajstić information content (AvgIpc) is 2.15. The van der Waals surface area contributed by atoms with E-state index in [0.717, 1.165) is 17.6 Å². The molecule has 0 unspecified atom stereocenters. The molecule has 0 atom stereocenters. The minimum Gasteiger partial charge on any atom is -0.516 e. The van der Waals surface area contributed by atoms with E-state index in [1.807, 2.05) is 24.3 Å². The highest BCUT2D eigenvalue weighted by atomic mass is 16.5. The van der Waals surface area contributed by atoms with Gasteiger partial charge < -0.3 is 9.84 Å². The van der Waals surface area contributed by atoms with E-state index in [4.69, 9.17) is 9.84 Å². The molecule has 0 amide bonds. The average molecular weight is 164 g/mol. The summed E-state index contributed by atoms with van der Waals surface area (Å²) in [5.41, 5.74) is 1.07. The summed E-state index contributed by atoms with van der Waals surface area (Å²) in [6.07, 6.45) is 3.42. The van der Waals surface area contributed by atoms with Crippen LogP contribution in [0.15, 0.2) is 36.6 Å². The van der Waals surface area contributed by atoms with Crippen LogP contribution < -0.4 is 4.74 Å². The molecule has 1 N–H and O–H groups in total. The first-order valence-corrected chi connectivity index (χ1v) is 3.79. The van der Waals surface area contributed by atoms with Crippen molar-refractivity contribution in [3.8, 4) is 5.75 Å². The van der Waals surface area contributed by atoms with Gasteiger partial charge in [-0.25, -0.2) is 0 Å². The molecule has 1 rings (SSSR count). The zero-order valence-electron chi connectivity index (χ0n) is 7.03. The maximum Gasteiger partial charge on any atom is 0.122 e. The van der Waals surface area contributed by atoms with Gasteiger partial charge in [-0.15, -0.1) is 0 Å². The van der Waals surface area contributed by atoms with Crippen molar-refractivity contribution in [3.05, 3.63) is 42.2 Å². The van der Waals surface area contributed by atoms with Gasteiger partial charge in [-0.3, -0.25) is 0 Å². The number of para-hydroxylation sites is 1. The summed E-state index contributed by atoms with van der Waals surface area (Å²) in [7, 11) is 1.64. The van der Waals surface area contributed by atoms with Crippen LogP contribution in [0, 0.1) is 0 Å². The highest BCUT2D eigenvalue weighted by Gasteiger charge is 1.97. The Balaban J connectivity index is 2.81. The van der Waals surface area contributed by atoms with E-state index in [-0.39, 0.29) is 0 Å². The second-order valence-corrected chi connectivity index (χ2v) is 2.40. The van der Waals surface area contributed by atoms with Crippen LogP contribution >= 0.6 is 0 Å². The molecule has 0 heterocycles. The molecule has 0 fully saturated rings. The number of allylic oxidation sites excluding steroid dienone is 1. The smallest absolute Gasteiger partial charge is 0.122 e. The van der Waals surface area contributed by atoms with E-state index in [2.05, 4.69) is 0 Å². The largest absolute Gasteiger partial charge is 0.516 e. The topological polar surface area (TPSA) is 29.5 Å². The van der Waals surface area contributed by atoms with Crippen molar-refractivity contribution >= 4 is 0 Å². The van der Waals surface area contributed by atoms with Crippen molar-refractivity contribution in [2.45, 2.75) is 6.42 Å². The molecule has 2 nitrogen and oxygen atoms in total. The molecule has 0 saturated carbocycles. The van der Waals surface area contributed by atoms with Crippen LogP contribution in [0.25, 0.3) is 0 Å². The molecule has 1 aromatic carbocycles. The molecular formula is C10H12O2. The number of methoxy groups -OCH3 is 1. The Bertz CT molecular complexity index is 266. The molecule has 0 aliphatic rings. The minimum atomic E-state index is 0.695. The first kappa shape index (κ1) is 8.65. The number of benzene rings is 1. The molecule has 2 heteroatoms. The van der Waals surface area contributed by atoms with E-state index in [0.29, 0.717) is 6.42 Å². The number of ether oxygens (including phenoxy) is 1. The third-order valence-corrected chi connectivity index (χ3v) is 1.64. The molecule has 1 aromatic rings. The lowest BCUT2D eigenvalue weighted by Crippen LogP contribution is -1.89. The number of rotatable bonds is 3. The van der Waals surface area contributed by atoms with Crippen LogP contribution in [0.2, 0.25) is 0 Å². The molecule has 0 saturated heterocycles. The maximum absolute atomic E-state index is 8.47. The Kier molecular flexibility index (Phi) is 3.20. The molecule has 0 aliphatic heterocycles. The Hall–Kier alpha value is -1.44. The summed E-state index contributed by atoms with van der Waals surface area (Å²) in [5, 5.41) is 8.47. The van der Waals surface area contributed by atoms with Crippen LogP contribution in [0.3, 0.4) is 0 Å². The van der Waals surface area contributed by atoms with Gasteiger partial charge in [0.15, 0.2) is 0 Å². The van der Waals surface area contributed by atoms with Gasteiger partial charge in [0.25, 0.3) is 0 Å². The number of hydrogen-bond donors (Lipinski definition) is 1. The molecule has 0 aliphatic carbocycles. The van der Waals surface area contributed by atoms with Gasteiger partial charge in [0, 0.05) is 0 Å². The summed E-state index contributed by atoms with van der Waals surface area (Å²) in [6, 6.07) is 7.74. The lowest BCUT2D eigenvalue weighted by atomic mass is 10.1. The molecule has 12 heavy (non-hydrogen) atoms. The summed E-state index contributed by atoms with van der Waals surface area (Å²) >= 11 is 0. The Labute approximate surface area is 72.1 Å². The zero-order chi connectivity index (χ0) is 8.81. The second-order valence-electron chi connectivity index (χ2n) is 2.40. The van der Waals surface area contributed by atoms with Crippen LogP contribution in [-0.4, -0.2) is 12.2 Å². The molecule has 0 radical (unpaired) electrons. The fourth-order valence-corrected chi connectivity index (χ4v) is 1.05. The number of hydrogen-bond acceptors (Lipinski definition) is 2. The summed E-state index contributed by atoms with van der Waals surface area (Å²) in [6.45, 7) is 0. The van der Waals surface area contributed by atoms with Gasteiger partial charge >= 0.3 is 0 Å². The Morgan fingerprint density at radius 1 is 1.42 bits per heavy atom. The Morgan fingerprint density at radius 2 is 2.17 bits per heavy atom. The molecule has 0 spiro atoms. The first-order valence-electron chi connectivity index (χ1n) is 3.79. The van der Waals surface area contributed by atoms with Gasteiger partial charge in [-0.1, -0.05) is 18.2 Å². The lowest BCUT2D eigenvalue weighted by molar-refractivity contribution is 0.410. The van der Waals surface area contributed by atoms with Crippen LogP contribution in [0.5, 0.6) is 5.75 Å². The highest BCUT2D eigenvalue weighted by molar-refractivity contribution is 5.34. The molecule has 0 bridgehead atoms. The maximum atomic E-state index is 8.47. The van der Waals surface area contributed by atoms with Gasteiger partial charge in [-0.05, 0) is 24.1 Å². The predicted molar refractivity (Wildman–Crippen MR) is 48.5 cm³/mol. The SMILES string of the molecule is COc1ccccc1CC=CO. The fourth-order valence-electron chi connectivity index (χ4n) is 1.05. The predicted octanol–water partition coefficient (Wildman–Crippen LogP) is 2.31. The van der Waals surface area contributed by atoms with Gasteiger partial charge in [0.05, 0.1) is 13.4 Å². The van der Waals surface area contributed by atoms with Gasteiger partial charge in [0.2, 0.25) is 0 Å². The molecule has 0 aromatic heterocycles. The second kappa shape index (κ2) is 4.44. The Morgan fingerprint density at radius 3 is 2.83 bits per heavy atom. The number of aliphatic hydroxyl groups excluding tert-OH is 1. The zero-order valence-corrected chi connectivity index (χ0v) is 7.03. The van der Waals surface area contributed by atoms with Crippen molar-refractivity contribution in [1.82, 2.24) is 0 Å². The van der Waals surface area contributed by atoms with Crippen LogP contribution in [-0.2, 0) is 6.42 Å². The van der Waals surface area contributed by atoms with Crippen molar-refractivity contribution in [3.63, 3.8) is 0 Å². The van der Waals surface area contributed by atoms with Crippen molar-refractivity contribution in [2.24, 2.45) is 0 Å². The molecular weight excluding hydrogens is 152 g/mol. The van der Waals surface area contributed by atoms with E-state index in [9.17, 15) is 0 Å². The quantitative estimate of drug-likeness (QED) is 0.694. The van der Waals surface area contributed by atoms with E-state index >= 15 is 0 Å². The molecule has 64 valence electrons. The normalized spacial score (nSPS) is 10.4. The minimum absolute atomic E-state index is 0.695. The number of aliphatic hydroxyl groups is 1. The lowest BCUT2D eigenvalue weighted by Gasteiger charge is -2.04. The van der Waals surface area contributed by atoms with Crippen molar-refractivity contribution in [2.75, 3.05) is 7.11 Å². The highest BCUT2D eigenvalue weighted by Crippen LogP contribution is 2.17. The van der Waals surface area contributed by atoms with Gasteiger partial charge in [0.1, 0.15) is 5.75 Å². The van der Waals surface area contributed by atoms with Crippen LogP contribution in [0.4, 0.5) is 0 Å². The third kappa shape index (κ3) is 2.02. The van der Waals surface area contributed by atoms with Crippen molar-refractivity contribution < 1.29 is 9.84 Å². The fraction of sp³-hybridized carbons (Fsp3) is 0.200. The van der Waals surface area contributed by atoms with E-state index in [1.165, 1.54) is 0 Å².